The van der Waals surface area contributed by atoms with Gasteiger partial charge in [-0.2, -0.15) is 0 Å². The van der Waals surface area contributed by atoms with Gasteiger partial charge in [-0.1, -0.05) is 40.0 Å². The van der Waals surface area contributed by atoms with E-state index in [1.165, 1.54) is 44.9 Å². The molecule has 0 amide bonds. The summed E-state index contributed by atoms with van der Waals surface area (Å²) in [5.74, 6) is 1.52. The Kier molecular flexibility index (Phi) is 7.92. The molecule has 1 fully saturated rings. The van der Waals surface area contributed by atoms with Crippen molar-refractivity contribution in [2.45, 2.75) is 84.3 Å². The fourth-order valence-electron chi connectivity index (χ4n) is 3.00. The first-order valence-corrected chi connectivity index (χ1v) is 7.88. The largest absolute Gasteiger partial charge is 0.396 e. The van der Waals surface area contributed by atoms with Crippen molar-refractivity contribution >= 4 is 0 Å². The van der Waals surface area contributed by atoms with E-state index in [1.807, 2.05) is 0 Å². The third kappa shape index (κ3) is 6.75. The molecule has 1 saturated heterocycles. The van der Waals surface area contributed by atoms with Crippen LogP contribution in [0.25, 0.3) is 0 Å². The highest BCUT2D eigenvalue weighted by atomic mass is 16.5. The number of hydrogen-bond acceptors (Lipinski definition) is 2. The van der Waals surface area contributed by atoms with E-state index in [0.717, 1.165) is 18.3 Å². The van der Waals surface area contributed by atoms with Gasteiger partial charge in [0.2, 0.25) is 0 Å². The summed E-state index contributed by atoms with van der Waals surface area (Å²) in [6, 6.07) is 0. The molecular formula is C16H32O2. The summed E-state index contributed by atoms with van der Waals surface area (Å²) in [5, 5.41) is 8.74. The van der Waals surface area contributed by atoms with Gasteiger partial charge >= 0.3 is 0 Å². The number of hydrogen-bond donors (Lipinski definition) is 1. The summed E-state index contributed by atoms with van der Waals surface area (Å²) in [4.78, 5) is 0. The highest BCUT2D eigenvalue weighted by Crippen LogP contribution is 2.29. The molecule has 2 nitrogen and oxygen atoms in total. The Morgan fingerprint density at radius 1 is 1.00 bits per heavy atom. The van der Waals surface area contributed by atoms with Gasteiger partial charge in [-0.3, -0.25) is 0 Å². The van der Waals surface area contributed by atoms with Gasteiger partial charge in [-0.15, -0.1) is 0 Å². The van der Waals surface area contributed by atoms with Crippen molar-refractivity contribution in [2.75, 3.05) is 6.61 Å². The van der Waals surface area contributed by atoms with Gasteiger partial charge in [0.05, 0.1) is 12.2 Å². The van der Waals surface area contributed by atoms with Gasteiger partial charge in [-0.25, -0.2) is 0 Å². The van der Waals surface area contributed by atoms with Crippen molar-refractivity contribution in [1.29, 1.82) is 0 Å². The first kappa shape index (κ1) is 16.0. The molecule has 0 aromatic carbocycles. The van der Waals surface area contributed by atoms with E-state index >= 15 is 0 Å². The average molecular weight is 256 g/mol. The number of aliphatic hydroxyl groups is 1. The van der Waals surface area contributed by atoms with Crippen LogP contribution in [0.4, 0.5) is 0 Å². The van der Waals surface area contributed by atoms with E-state index in [0.29, 0.717) is 18.8 Å². The first-order chi connectivity index (χ1) is 8.61. The van der Waals surface area contributed by atoms with Crippen molar-refractivity contribution in [3.05, 3.63) is 0 Å². The van der Waals surface area contributed by atoms with Crippen molar-refractivity contribution in [3.8, 4) is 0 Å². The minimum absolute atomic E-state index is 0.344. The summed E-state index contributed by atoms with van der Waals surface area (Å²) < 4.78 is 6.13. The number of unbranched alkanes of at least 4 members (excludes halogenated alkanes) is 2. The zero-order valence-electron chi connectivity index (χ0n) is 12.5. The maximum absolute atomic E-state index is 8.74. The van der Waals surface area contributed by atoms with Crippen LogP contribution in [0.2, 0.25) is 0 Å². The van der Waals surface area contributed by atoms with Crippen molar-refractivity contribution in [1.82, 2.24) is 0 Å². The Labute approximate surface area is 113 Å². The Hall–Kier alpha value is -0.0800. The highest BCUT2D eigenvalue weighted by molar-refractivity contribution is 4.76. The fourth-order valence-corrected chi connectivity index (χ4v) is 3.00. The van der Waals surface area contributed by atoms with Gasteiger partial charge in [0.25, 0.3) is 0 Å². The van der Waals surface area contributed by atoms with Crippen molar-refractivity contribution in [2.24, 2.45) is 11.8 Å². The van der Waals surface area contributed by atoms with Crippen LogP contribution in [0, 0.1) is 11.8 Å². The maximum atomic E-state index is 8.74. The summed E-state index contributed by atoms with van der Waals surface area (Å²) >= 11 is 0. The fraction of sp³-hybridized carbons (Fsp3) is 1.00. The molecule has 1 aliphatic rings. The monoisotopic (exact) mass is 256 g/mol. The van der Waals surface area contributed by atoms with E-state index in [-0.39, 0.29) is 0 Å². The predicted octanol–water partition coefficient (Wildman–Crippen LogP) is 4.16. The molecule has 0 saturated carbocycles. The second-order valence-electron chi connectivity index (χ2n) is 6.50. The SMILES string of the molecule is CC(C)CC1CCC(CC(C)CCCCCO)O1. The molecule has 3 atom stereocenters. The molecule has 0 aliphatic carbocycles. The van der Waals surface area contributed by atoms with E-state index in [4.69, 9.17) is 9.84 Å². The Bertz CT molecular complexity index is 203. The van der Waals surface area contributed by atoms with Crippen molar-refractivity contribution < 1.29 is 9.84 Å². The number of aliphatic hydroxyl groups excluding tert-OH is 1. The molecule has 3 unspecified atom stereocenters. The van der Waals surface area contributed by atoms with E-state index in [9.17, 15) is 0 Å². The van der Waals surface area contributed by atoms with Crippen LogP contribution in [0.3, 0.4) is 0 Å². The lowest BCUT2D eigenvalue weighted by Gasteiger charge is -2.18. The van der Waals surface area contributed by atoms with Crippen LogP contribution in [-0.4, -0.2) is 23.9 Å². The zero-order valence-corrected chi connectivity index (χ0v) is 12.5. The molecule has 1 heterocycles. The lowest BCUT2D eigenvalue weighted by molar-refractivity contribution is 0.0217. The lowest BCUT2D eigenvalue weighted by Crippen LogP contribution is -2.15. The molecule has 0 aromatic heterocycles. The molecule has 18 heavy (non-hydrogen) atoms. The highest BCUT2D eigenvalue weighted by Gasteiger charge is 2.26. The van der Waals surface area contributed by atoms with Crippen LogP contribution in [0.5, 0.6) is 0 Å². The normalized spacial score (nSPS) is 25.8. The molecule has 108 valence electrons. The molecule has 0 bridgehead atoms. The average Bonchev–Trinajstić information content (AvgIpc) is 2.71. The maximum Gasteiger partial charge on any atom is 0.0582 e. The summed E-state index contributed by atoms with van der Waals surface area (Å²) in [7, 11) is 0. The molecular weight excluding hydrogens is 224 g/mol. The second kappa shape index (κ2) is 8.92. The van der Waals surface area contributed by atoms with E-state index in [1.54, 1.807) is 0 Å². The smallest absolute Gasteiger partial charge is 0.0582 e. The van der Waals surface area contributed by atoms with E-state index in [2.05, 4.69) is 20.8 Å². The molecule has 0 aromatic rings. The Morgan fingerprint density at radius 2 is 1.67 bits per heavy atom. The van der Waals surface area contributed by atoms with Crippen LogP contribution in [-0.2, 0) is 4.74 Å². The quantitative estimate of drug-likeness (QED) is 0.628. The molecule has 1 aliphatic heterocycles. The standard InChI is InChI=1S/C16H32O2/c1-13(2)11-15-8-9-16(18-15)12-14(3)7-5-4-6-10-17/h13-17H,4-12H2,1-3H3. The van der Waals surface area contributed by atoms with E-state index < -0.39 is 0 Å². The Balaban J connectivity index is 2.08. The van der Waals surface area contributed by atoms with Crippen LogP contribution >= 0.6 is 0 Å². The van der Waals surface area contributed by atoms with Crippen LogP contribution < -0.4 is 0 Å². The molecule has 2 heteroatoms. The second-order valence-corrected chi connectivity index (χ2v) is 6.50. The van der Waals surface area contributed by atoms with Gasteiger partial charge in [0.1, 0.15) is 0 Å². The number of rotatable bonds is 9. The van der Waals surface area contributed by atoms with Gasteiger partial charge in [0, 0.05) is 6.61 Å². The molecule has 0 radical (unpaired) electrons. The van der Waals surface area contributed by atoms with Crippen molar-refractivity contribution in [3.63, 3.8) is 0 Å². The first-order valence-electron chi connectivity index (χ1n) is 7.88. The summed E-state index contributed by atoms with van der Waals surface area (Å²) in [6.45, 7) is 7.25. The number of ether oxygens (including phenoxy) is 1. The van der Waals surface area contributed by atoms with Gasteiger partial charge in [0.15, 0.2) is 0 Å². The van der Waals surface area contributed by atoms with Crippen LogP contribution in [0.15, 0.2) is 0 Å². The third-order valence-corrected chi connectivity index (χ3v) is 3.95. The minimum atomic E-state index is 0.344. The summed E-state index contributed by atoms with van der Waals surface area (Å²) in [5.41, 5.74) is 0. The predicted molar refractivity (Wildman–Crippen MR) is 76.7 cm³/mol. The lowest BCUT2D eigenvalue weighted by atomic mass is 9.95. The topological polar surface area (TPSA) is 29.5 Å². The molecule has 1 N–H and O–H groups in total. The zero-order chi connectivity index (χ0) is 13.4. The molecule has 1 rings (SSSR count). The Morgan fingerprint density at radius 3 is 2.28 bits per heavy atom. The summed E-state index contributed by atoms with van der Waals surface area (Å²) in [6.07, 6.45) is 10.7. The minimum Gasteiger partial charge on any atom is -0.396 e. The van der Waals surface area contributed by atoms with Gasteiger partial charge < -0.3 is 9.84 Å². The molecule has 0 spiro atoms. The van der Waals surface area contributed by atoms with Gasteiger partial charge in [-0.05, 0) is 43.9 Å². The van der Waals surface area contributed by atoms with Crippen LogP contribution in [0.1, 0.15) is 72.1 Å². The third-order valence-electron chi connectivity index (χ3n) is 3.95.